The number of thiophene rings is 1. The second-order valence-electron chi connectivity index (χ2n) is 2.42. The third kappa shape index (κ3) is 1.67. The minimum atomic E-state index is -3.60. The van der Waals surface area contributed by atoms with Crippen LogP contribution in [0.5, 0.6) is 0 Å². The molecule has 6 heteroatoms. The number of aromatic nitrogens is 1. The van der Waals surface area contributed by atoms with E-state index >= 15 is 0 Å². The Kier molecular flexibility index (Phi) is 2.02. The lowest BCUT2D eigenvalue weighted by atomic mass is 10.3. The maximum atomic E-state index is 11.0. The zero-order chi connectivity index (χ0) is 9.47. The first-order valence-electron chi connectivity index (χ1n) is 3.35. The Labute approximate surface area is 83.4 Å². The van der Waals surface area contributed by atoms with Crippen LogP contribution in [0.15, 0.2) is 28.7 Å². The fraction of sp³-hybridized carbons (Fsp3) is 0. The highest BCUT2D eigenvalue weighted by Crippen LogP contribution is 2.29. The predicted octanol–water partition coefficient (Wildman–Crippen LogP) is 2.22. The smallest absolute Gasteiger partial charge is 0.263 e. The van der Waals surface area contributed by atoms with Gasteiger partial charge in [0.25, 0.3) is 9.05 Å². The molecule has 0 unspecified atom stereocenters. The molecule has 2 aromatic heterocycles. The highest BCUT2D eigenvalue weighted by Gasteiger charge is 2.13. The van der Waals surface area contributed by atoms with E-state index in [1.165, 1.54) is 0 Å². The first-order valence-corrected chi connectivity index (χ1v) is 6.48. The van der Waals surface area contributed by atoms with Crippen LogP contribution in [0.3, 0.4) is 0 Å². The Morgan fingerprint density at radius 3 is 2.85 bits per heavy atom. The molecule has 0 aliphatic carbocycles. The van der Waals surface area contributed by atoms with Crippen LogP contribution in [0.4, 0.5) is 0 Å². The quantitative estimate of drug-likeness (QED) is 0.710. The van der Waals surface area contributed by atoms with Crippen LogP contribution in [0, 0.1) is 0 Å². The van der Waals surface area contributed by atoms with Crippen LogP contribution in [0.1, 0.15) is 0 Å². The second-order valence-corrected chi connectivity index (χ2v) is 6.29. The van der Waals surface area contributed by atoms with Crippen LogP contribution < -0.4 is 0 Å². The van der Waals surface area contributed by atoms with Crippen molar-refractivity contribution in [1.82, 2.24) is 4.98 Å². The lowest BCUT2D eigenvalue weighted by Crippen LogP contribution is -1.83. The molecular weight excluding hydrogens is 230 g/mol. The Morgan fingerprint density at radius 2 is 2.23 bits per heavy atom. The standard InChI is InChI=1S/C7H4ClNO2S2/c8-13(10,11)7-3-5-1-2-9-4-6(5)12-7/h1-4H. The molecular formula is C7H4ClNO2S2. The molecule has 2 heterocycles. The van der Waals surface area contributed by atoms with Gasteiger partial charge in [-0.3, -0.25) is 4.98 Å². The number of rotatable bonds is 1. The van der Waals surface area contributed by atoms with E-state index in [-0.39, 0.29) is 4.21 Å². The molecule has 0 N–H and O–H groups in total. The Bertz CT molecular complexity index is 513. The van der Waals surface area contributed by atoms with Crippen molar-refractivity contribution in [2.75, 3.05) is 0 Å². The largest absolute Gasteiger partial charge is 0.270 e. The van der Waals surface area contributed by atoms with Crippen molar-refractivity contribution >= 4 is 41.2 Å². The zero-order valence-electron chi connectivity index (χ0n) is 6.27. The molecule has 0 aromatic carbocycles. The van der Waals surface area contributed by atoms with Gasteiger partial charge in [-0.2, -0.15) is 0 Å². The summed E-state index contributed by atoms with van der Waals surface area (Å²) in [5, 5.41) is 0.847. The molecule has 2 aromatic rings. The molecule has 2 rings (SSSR count). The van der Waals surface area contributed by atoms with Gasteiger partial charge in [-0.25, -0.2) is 8.42 Å². The number of hydrogen-bond acceptors (Lipinski definition) is 4. The summed E-state index contributed by atoms with van der Waals surface area (Å²) in [6.07, 6.45) is 3.23. The maximum Gasteiger partial charge on any atom is 0.270 e. The number of hydrogen-bond donors (Lipinski definition) is 0. The van der Waals surface area contributed by atoms with E-state index in [9.17, 15) is 8.42 Å². The normalized spacial score (nSPS) is 12.1. The van der Waals surface area contributed by atoms with Crippen molar-refractivity contribution < 1.29 is 8.42 Å². The first-order chi connectivity index (χ1) is 6.07. The van der Waals surface area contributed by atoms with Crippen molar-refractivity contribution in [2.45, 2.75) is 4.21 Å². The zero-order valence-corrected chi connectivity index (χ0v) is 8.66. The van der Waals surface area contributed by atoms with E-state index in [0.717, 1.165) is 21.4 Å². The van der Waals surface area contributed by atoms with E-state index in [1.807, 2.05) is 0 Å². The molecule has 13 heavy (non-hydrogen) atoms. The van der Waals surface area contributed by atoms with Gasteiger partial charge >= 0.3 is 0 Å². The minimum Gasteiger partial charge on any atom is -0.263 e. The summed E-state index contributed by atoms with van der Waals surface area (Å²) in [6, 6.07) is 3.29. The van der Waals surface area contributed by atoms with E-state index in [0.29, 0.717) is 0 Å². The molecule has 0 radical (unpaired) electrons. The monoisotopic (exact) mass is 233 g/mol. The van der Waals surface area contributed by atoms with Crippen molar-refractivity contribution in [3.8, 4) is 0 Å². The number of fused-ring (bicyclic) bond motifs is 1. The van der Waals surface area contributed by atoms with E-state index in [2.05, 4.69) is 4.98 Å². The van der Waals surface area contributed by atoms with E-state index in [1.54, 1.807) is 24.5 Å². The summed E-state index contributed by atoms with van der Waals surface area (Å²) in [5.74, 6) is 0. The average molecular weight is 234 g/mol. The third-order valence-corrected chi connectivity index (χ3v) is 4.70. The van der Waals surface area contributed by atoms with E-state index in [4.69, 9.17) is 10.7 Å². The molecule has 68 valence electrons. The lowest BCUT2D eigenvalue weighted by Gasteiger charge is -1.83. The van der Waals surface area contributed by atoms with Gasteiger partial charge in [-0.1, -0.05) is 0 Å². The van der Waals surface area contributed by atoms with Gasteiger partial charge in [-0.05, 0) is 17.5 Å². The molecule has 0 saturated carbocycles. The molecule has 0 atom stereocenters. The van der Waals surface area contributed by atoms with Gasteiger partial charge < -0.3 is 0 Å². The molecule has 0 aliphatic heterocycles. The minimum absolute atomic E-state index is 0.164. The van der Waals surface area contributed by atoms with Crippen LogP contribution in [-0.2, 0) is 9.05 Å². The van der Waals surface area contributed by atoms with Gasteiger partial charge in [0.2, 0.25) is 0 Å². The van der Waals surface area contributed by atoms with Crippen LogP contribution in [0.2, 0.25) is 0 Å². The van der Waals surface area contributed by atoms with Gasteiger partial charge in [0.05, 0.1) is 4.70 Å². The van der Waals surface area contributed by atoms with Gasteiger partial charge in [0.15, 0.2) is 0 Å². The van der Waals surface area contributed by atoms with Crippen LogP contribution in [-0.4, -0.2) is 13.4 Å². The Morgan fingerprint density at radius 1 is 1.46 bits per heavy atom. The SMILES string of the molecule is O=S(=O)(Cl)c1cc2ccncc2s1. The Balaban J connectivity index is 2.77. The van der Waals surface area contributed by atoms with Crippen molar-refractivity contribution in [3.05, 3.63) is 24.5 Å². The fourth-order valence-electron chi connectivity index (χ4n) is 0.980. The first kappa shape index (κ1) is 8.93. The van der Waals surface area contributed by atoms with Gasteiger partial charge in [-0.15, -0.1) is 11.3 Å². The number of pyridine rings is 1. The number of halogens is 1. The van der Waals surface area contributed by atoms with Gasteiger partial charge in [0.1, 0.15) is 4.21 Å². The van der Waals surface area contributed by atoms with Crippen molar-refractivity contribution in [1.29, 1.82) is 0 Å². The molecule has 0 amide bonds. The summed E-state index contributed by atoms with van der Waals surface area (Å²) >= 11 is 1.12. The second kappa shape index (κ2) is 2.94. The van der Waals surface area contributed by atoms with Crippen LogP contribution in [0.25, 0.3) is 10.1 Å². The molecule has 0 aliphatic rings. The van der Waals surface area contributed by atoms with Crippen molar-refractivity contribution in [3.63, 3.8) is 0 Å². The highest BCUT2D eigenvalue weighted by molar-refractivity contribution is 8.15. The third-order valence-electron chi connectivity index (χ3n) is 1.54. The fourth-order valence-corrected chi connectivity index (χ4v) is 3.09. The molecule has 3 nitrogen and oxygen atoms in total. The average Bonchev–Trinajstić information content (AvgIpc) is 2.45. The Hall–Kier alpha value is -0.650. The molecule has 0 spiro atoms. The lowest BCUT2D eigenvalue weighted by molar-refractivity contribution is 0.611. The highest BCUT2D eigenvalue weighted by atomic mass is 35.7. The summed E-state index contributed by atoms with van der Waals surface area (Å²) < 4.78 is 22.9. The summed E-state index contributed by atoms with van der Waals surface area (Å²) in [5.41, 5.74) is 0. The summed E-state index contributed by atoms with van der Waals surface area (Å²) in [6.45, 7) is 0. The molecule has 0 fully saturated rings. The summed E-state index contributed by atoms with van der Waals surface area (Å²) in [4.78, 5) is 3.88. The number of nitrogens with zero attached hydrogens (tertiary/aromatic N) is 1. The van der Waals surface area contributed by atoms with Gasteiger partial charge in [0, 0.05) is 23.1 Å². The topological polar surface area (TPSA) is 47.0 Å². The maximum absolute atomic E-state index is 11.0. The van der Waals surface area contributed by atoms with E-state index < -0.39 is 9.05 Å². The summed E-state index contributed by atoms with van der Waals surface area (Å²) in [7, 11) is 1.59. The van der Waals surface area contributed by atoms with Crippen molar-refractivity contribution in [2.24, 2.45) is 0 Å². The molecule has 0 bridgehead atoms. The predicted molar refractivity (Wildman–Crippen MR) is 52.7 cm³/mol. The van der Waals surface area contributed by atoms with Crippen LogP contribution >= 0.6 is 22.0 Å². The molecule has 0 saturated heterocycles.